The highest BCUT2D eigenvalue weighted by Crippen LogP contribution is 2.29. The highest BCUT2D eigenvalue weighted by molar-refractivity contribution is 8.00. The van der Waals surface area contributed by atoms with Crippen LogP contribution in [-0.2, 0) is 9.84 Å². The monoisotopic (exact) mass is 286 g/mol. The van der Waals surface area contributed by atoms with Crippen molar-refractivity contribution in [3.8, 4) is 0 Å². The molecule has 0 aromatic heterocycles. The summed E-state index contributed by atoms with van der Waals surface area (Å²) in [7, 11) is -3.26. The molecular weight excluding hydrogens is 268 g/mol. The lowest BCUT2D eigenvalue weighted by atomic mass is 10.2. The zero-order valence-corrected chi connectivity index (χ0v) is 12.0. The number of nitrogens with two attached hydrogens (primary N) is 1. The van der Waals surface area contributed by atoms with Gasteiger partial charge in [-0.3, -0.25) is 0 Å². The van der Waals surface area contributed by atoms with Gasteiger partial charge in [0.25, 0.3) is 0 Å². The summed E-state index contributed by atoms with van der Waals surface area (Å²) in [4.78, 5) is 0.201. The molecule has 18 heavy (non-hydrogen) atoms. The van der Waals surface area contributed by atoms with Crippen molar-refractivity contribution >= 4 is 33.0 Å². The second kappa shape index (κ2) is 5.40. The molecule has 0 radical (unpaired) electrons. The predicted molar refractivity (Wildman–Crippen MR) is 77.9 cm³/mol. The van der Waals surface area contributed by atoms with Crippen LogP contribution in [0.5, 0.6) is 0 Å². The van der Waals surface area contributed by atoms with Gasteiger partial charge in [0.2, 0.25) is 0 Å². The van der Waals surface area contributed by atoms with Crippen molar-refractivity contribution in [1.82, 2.24) is 0 Å². The number of benzene rings is 1. The number of rotatable bonds is 4. The van der Waals surface area contributed by atoms with E-state index in [4.69, 9.17) is 5.73 Å². The maximum absolute atomic E-state index is 11.6. The minimum atomic E-state index is -3.26. The smallest absolute Gasteiger partial charge is 0.177 e. The molecule has 0 amide bonds. The van der Waals surface area contributed by atoms with Crippen molar-refractivity contribution in [3.05, 3.63) is 18.2 Å². The first-order valence-corrected chi connectivity index (χ1v) is 8.86. The van der Waals surface area contributed by atoms with Gasteiger partial charge in [-0.15, -0.1) is 0 Å². The molecule has 4 nitrogen and oxygen atoms in total. The summed E-state index contributed by atoms with van der Waals surface area (Å²) < 4.78 is 23.1. The van der Waals surface area contributed by atoms with Gasteiger partial charge in [0.1, 0.15) is 0 Å². The molecule has 0 spiro atoms. The molecule has 3 N–H and O–H groups in total. The lowest BCUT2D eigenvalue weighted by Gasteiger charge is -2.14. The Bertz CT molecular complexity index is 523. The largest absolute Gasteiger partial charge is 0.396 e. The minimum absolute atomic E-state index is 0.201. The van der Waals surface area contributed by atoms with Crippen molar-refractivity contribution in [2.45, 2.75) is 23.0 Å². The fraction of sp³-hybridized carbons (Fsp3) is 0.500. The van der Waals surface area contributed by atoms with Crippen LogP contribution in [0, 0.1) is 0 Å². The maximum Gasteiger partial charge on any atom is 0.177 e. The fourth-order valence-electron chi connectivity index (χ4n) is 2.05. The molecular formula is C12H18N2O2S2. The topological polar surface area (TPSA) is 72.2 Å². The van der Waals surface area contributed by atoms with Gasteiger partial charge in [-0.25, -0.2) is 8.42 Å². The van der Waals surface area contributed by atoms with Crippen LogP contribution < -0.4 is 11.1 Å². The number of thioether (sulfide) groups is 1. The fourth-order valence-corrected chi connectivity index (χ4v) is 4.09. The molecule has 1 aliphatic heterocycles. The van der Waals surface area contributed by atoms with Crippen LogP contribution in [0.25, 0.3) is 0 Å². The van der Waals surface area contributed by atoms with Gasteiger partial charge in [-0.2, -0.15) is 11.8 Å². The van der Waals surface area contributed by atoms with Crippen LogP contribution in [-0.4, -0.2) is 32.2 Å². The Morgan fingerprint density at radius 1 is 1.50 bits per heavy atom. The molecule has 1 heterocycles. The molecule has 1 unspecified atom stereocenters. The van der Waals surface area contributed by atoms with Crippen LogP contribution in [0.4, 0.5) is 11.4 Å². The van der Waals surface area contributed by atoms with Crippen LogP contribution in [0.2, 0.25) is 0 Å². The van der Waals surface area contributed by atoms with E-state index in [0.29, 0.717) is 16.6 Å². The third-order valence-corrected chi connectivity index (χ3v) is 5.56. The van der Waals surface area contributed by atoms with E-state index in [1.165, 1.54) is 24.9 Å². The molecule has 0 saturated carbocycles. The molecule has 0 bridgehead atoms. The van der Waals surface area contributed by atoms with E-state index in [1.54, 1.807) is 12.1 Å². The molecule has 1 aliphatic rings. The summed E-state index contributed by atoms with van der Waals surface area (Å²) >= 11 is 1.96. The zero-order chi connectivity index (χ0) is 13.2. The van der Waals surface area contributed by atoms with Crippen LogP contribution >= 0.6 is 11.8 Å². The Hall–Kier alpha value is -0.880. The van der Waals surface area contributed by atoms with Crippen LogP contribution in [0.1, 0.15) is 12.8 Å². The molecule has 1 fully saturated rings. The van der Waals surface area contributed by atoms with E-state index in [1.807, 2.05) is 17.8 Å². The Labute approximate surface area is 112 Å². The van der Waals surface area contributed by atoms with Gasteiger partial charge in [-0.1, -0.05) is 6.07 Å². The first-order valence-electron chi connectivity index (χ1n) is 5.92. The second-order valence-corrected chi connectivity index (χ2v) is 7.90. The van der Waals surface area contributed by atoms with Crippen molar-refractivity contribution < 1.29 is 8.42 Å². The lowest BCUT2D eigenvalue weighted by molar-refractivity contribution is 0.602. The highest BCUT2D eigenvalue weighted by atomic mass is 32.2. The number of anilines is 2. The third kappa shape index (κ3) is 3.11. The number of nitrogens with one attached hydrogen (secondary N) is 1. The van der Waals surface area contributed by atoms with E-state index in [9.17, 15) is 8.42 Å². The van der Waals surface area contributed by atoms with E-state index in [-0.39, 0.29) is 4.90 Å². The SMILES string of the molecule is CS(=O)(=O)c1cccc(NCC2CCCS2)c1N. The van der Waals surface area contributed by atoms with Crippen LogP contribution in [0.15, 0.2) is 23.1 Å². The van der Waals surface area contributed by atoms with Gasteiger partial charge in [0.15, 0.2) is 9.84 Å². The summed E-state index contributed by atoms with van der Waals surface area (Å²) in [6, 6.07) is 5.08. The predicted octanol–water partition coefficient (Wildman–Crippen LogP) is 1.98. The highest BCUT2D eigenvalue weighted by Gasteiger charge is 2.17. The molecule has 0 aliphatic carbocycles. The van der Waals surface area contributed by atoms with E-state index >= 15 is 0 Å². The number of hydrogen-bond donors (Lipinski definition) is 2. The molecule has 1 aromatic rings. The Balaban J connectivity index is 2.13. The summed E-state index contributed by atoms with van der Waals surface area (Å²) in [6.45, 7) is 0.835. The van der Waals surface area contributed by atoms with Crippen molar-refractivity contribution in [2.24, 2.45) is 0 Å². The molecule has 6 heteroatoms. The van der Waals surface area contributed by atoms with E-state index < -0.39 is 9.84 Å². The van der Waals surface area contributed by atoms with Gasteiger partial charge < -0.3 is 11.1 Å². The van der Waals surface area contributed by atoms with Gasteiger partial charge >= 0.3 is 0 Å². The van der Waals surface area contributed by atoms with Gasteiger partial charge in [0, 0.05) is 18.1 Å². The summed E-state index contributed by atoms with van der Waals surface area (Å²) in [5, 5.41) is 3.86. The first kappa shape index (κ1) is 13.5. The van der Waals surface area contributed by atoms with E-state index in [0.717, 1.165) is 6.54 Å². The Kier molecular flexibility index (Phi) is 4.07. The van der Waals surface area contributed by atoms with Crippen molar-refractivity contribution in [2.75, 3.05) is 29.6 Å². The third-order valence-electron chi connectivity index (χ3n) is 3.01. The molecule has 100 valence electrons. The second-order valence-electron chi connectivity index (χ2n) is 4.51. The molecule has 1 saturated heterocycles. The van der Waals surface area contributed by atoms with Gasteiger partial charge in [0.05, 0.1) is 16.3 Å². The first-order chi connectivity index (χ1) is 8.48. The van der Waals surface area contributed by atoms with E-state index in [2.05, 4.69) is 5.32 Å². The quantitative estimate of drug-likeness (QED) is 0.828. The minimum Gasteiger partial charge on any atom is -0.396 e. The van der Waals surface area contributed by atoms with Crippen molar-refractivity contribution in [3.63, 3.8) is 0 Å². The maximum atomic E-state index is 11.6. The lowest BCUT2D eigenvalue weighted by Crippen LogP contribution is -2.15. The molecule has 1 aromatic carbocycles. The van der Waals surface area contributed by atoms with Crippen LogP contribution in [0.3, 0.4) is 0 Å². The Morgan fingerprint density at radius 3 is 2.89 bits per heavy atom. The average Bonchev–Trinajstić information content (AvgIpc) is 2.79. The normalized spacial score (nSPS) is 19.9. The van der Waals surface area contributed by atoms with Crippen molar-refractivity contribution in [1.29, 1.82) is 0 Å². The molecule has 1 atom stereocenters. The summed E-state index contributed by atoms with van der Waals surface area (Å²) in [5.74, 6) is 1.21. The number of para-hydroxylation sites is 1. The molecule has 2 rings (SSSR count). The number of sulfone groups is 1. The number of hydrogen-bond acceptors (Lipinski definition) is 5. The average molecular weight is 286 g/mol. The summed E-state index contributed by atoms with van der Waals surface area (Å²) in [6.07, 6.45) is 3.65. The number of nitrogen functional groups attached to an aromatic ring is 1. The van der Waals surface area contributed by atoms with Gasteiger partial charge in [-0.05, 0) is 30.7 Å². The Morgan fingerprint density at radius 2 is 2.28 bits per heavy atom. The summed E-state index contributed by atoms with van der Waals surface area (Å²) in [5.41, 5.74) is 6.94. The standard InChI is InChI=1S/C12H18N2O2S2/c1-18(15,16)11-6-2-5-10(12(11)13)14-8-9-4-3-7-17-9/h2,5-6,9,14H,3-4,7-8,13H2,1H3. The zero-order valence-electron chi connectivity index (χ0n) is 10.3.